The lowest BCUT2D eigenvalue weighted by molar-refractivity contribution is -0.0791. The molecule has 0 aliphatic heterocycles. The third-order valence-corrected chi connectivity index (χ3v) is 2.89. The first-order valence-corrected chi connectivity index (χ1v) is 6.10. The Balaban J connectivity index is 3.19. The minimum absolute atomic E-state index is 0.0805. The van der Waals surface area contributed by atoms with E-state index in [-0.39, 0.29) is 11.0 Å². The van der Waals surface area contributed by atoms with Gasteiger partial charge in [0.1, 0.15) is 0 Å². The Morgan fingerprint density at radius 3 is 2.06 bits per heavy atom. The minimum atomic E-state index is -4.35. The summed E-state index contributed by atoms with van der Waals surface area (Å²) in [6.07, 6.45) is -2.56. The fraction of sp³-hybridized carbons (Fsp3) is 0.200. The summed E-state index contributed by atoms with van der Waals surface area (Å²) in [5.41, 5.74) is 0.363. The third-order valence-electron chi connectivity index (χ3n) is 1.66. The van der Waals surface area contributed by atoms with Crippen molar-refractivity contribution in [1.29, 1.82) is 0 Å². The first-order chi connectivity index (χ1) is 7.31. The highest BCUT2D eigenvalue weighted by Gasteiger charge is 2.25. The monoisotopic (exact) mass is 286 g/mol. The number of allylic oxidation sites excluding steroid dienone is 1. The smallest absolute Gasteiger partial charge is 0.167 e. The van der Waals surface area contributed by atoms with Crippen LogP contribution in [0, 0.1) is 0 Å². The molecule has 0 aliphatic rings. The zero-order valence-electron chi connectivity index (χ0n) is 8.11. The van der Waals surface area contributed by atoms with Gasteiger partial charge < -0.3 is 0 Å². The first-order valence-electron chi connectivity index (χ1n) is 4.12. The standard InChI is InChI=1S/C10H7Cl2F3S/c1-16-9(5-10(13,14)15)6-2-7(11)4-8(12)3-6/h2-5H,1H3. The Hall–Kier alpha value is -0.320. The summed E-state index contributed by atoms with van der Waals surface area (Å²) < 4.78 is 36.7. The Bertz CT molecular complexity index is 393. The van der Waals surface area contributed by atoms with E-state index in [2.05, 4.69) is 0 Å². The second-order valence-electron chi connectivity index (χ2n) is 2.91. The van der Waals surface area contributed by atoms with Crippen LogP contribution in [0.15, 0.2) is 24.3 Å². The van der Waals surface area contributed by atoms with Crippen molar-refractivity contribution >= 4 is 39.9 Å². The van der Waals surface area contributed by atoms with Crippen LogP contribution >= 0.6 is 35.0 Å². The molecule has 0 aliphatic carbocycles. The molecule has 16 heavy (non-hydrogen) atoms. The van der Waals surface area contributed by atoms with E-state index in [1.165, 1.54) is 18.2 Å². The molecule has 88 valence electrons. The normalized spacial score (nSPS) is 13.0. The van der Waals surface area contributed by atoms with Gasteiger partial charge in [0.15, 0.2) is 0 Å². The maximum atomic E-state index is 12.2. The van der Waals surface area contributed by atoms with Gasteiger partial charge in [-0.2, -0.15) is 13.2 Å². The summed E-state index contributed by atoms with van der Waals surface area (Å²) in [6, 6.07) is 4.36. The highest BCUT2D eigenvalue weighted by atomic mass is 35.5. The molecule has 0 radical (unpaired) electrons. The molecule has 0 bridgehead atoms. The third kappa shape index (κ3) is 4.28. The van der Waals surface area contributed by atoms with Crippen molar-refractivity contribution in [2.24, 2.45) is 0 Å². The molecule has 0 unspecified atom stereocenters. The van der Waals surface area contributed by atoms with Gasteiger partial charge in [0.2, 0.25) is 0 Å². The molecule has 0 heterocycles. The van der Waals surface area contributed by atoms with Crippen LogP contribution in [0.5, 0.6) is 0 Å². The van der Waals surface area contributed by atoms with Gasteiger partial charge in [0.05, 0.1) is 0 Å². The highest BCUT2D eigenvalue weighted by Crippen LogP contribution is 2.33. The largest absolute Gasteiger partial charge is 0.410 e. The van der Waals surface area contributed by atoms with Crippen molar-refractivity contribution < 1.29 is 13.2 Å². The van der Waals surface area contributed by atoms with Gasteiger partial charge in [0, 0.05) is 21.0 Å². The number of halogens is 5. The van der Waals surface area contributed by atoms with Crippen molar-refractivity contribution in [3.05, 3.63) is 39.9 Å². The van der Waals surface area contributed by atoms with Crippen molar-refractivity contribution in [1.82, 2.24) is 0 Å². The summed E-state index contributed by atoms with van der Waals surface area (Å²) >= 11 is 12.4. The van der Waals surface area contributed by atoms with Gasteiger partial charge in [-0.3, -0.25) is 0 Å². The summed E-state index contributed by atoms with van der Waals surface area (Å²) in [5.74, 6) is 0. The molecular formula is C10H7Cl2F3S. The molecule has 0 aromatic heterocycles. The molecule has 0 saturated heterocycles. The molecule has 1 aromatic rings. The zero-order chi connectivity index (χ0) is 12.3. The van der Waals surface area contributed by atoms with Crippen LogP contribution < -0.4 is 0 Å². The Morgan fingerprint density at radius 2 is 1.69 bits per heavy atom. The SMILES string of the molecule is CSC(=CC(F)(F)F)c1cc(Cl)cc(Cl)c1. The van der Waals surface area contributed by atoms with E-state index >= 15 is 0 Å². The van der Waals surface area contributed by atoms with Gasteiger partial charge in [-0.15, -0.1) is 11.8 Å². The molecule has 0 N–H and O–H groups in total. The molecule has 0 saturated carbocycles. The molecule has 1 rings (SSSR count). The van der Waals surface area contributed by atoms with Crippen LogP contribution in [0.2, 0.25) is 10.0 Å². The molecule has 1 aromatic carbocycles. The number of alkyl halides is 3. The first kappa shape index (κ1) is 13.7. The fourth-order valence-corrected chi connectivity index (χ4v) is 2.24. The van der Waals surface area contributed by atoms with Crippen LogP contribution in [0.4, 0.5) is 13.2 Å². The second-order valence-corrected chi connectivity index (χ2v) is 4.63. The molecule has 6 heteroatoms. The molecule has 0 amide bonds. The summed E-state index contributed by atoms with van der Waals surface area (Å²) in [5, 5.41) is 0.620. The maximum absolute atomic E-state index is 12.2. The molecule has 0 spiro atoms. The van der Waals surface area contributed by atoms with Crippen LogP contribution in [0.25, 0.3) is 4.91 Å². The Labute approximate surface area is 105 Å². The van der Waals surface area contributed by atoms with Crippen LogP contribution in [-0.2, 0) is 0 Å². The molecule has 0 atom stereocenters. The molecule has 0 fully saturated rings. The lowest BCUT2D eigenvalue weighted by Gasteiger charge is -2.08. The number of benzene rings is 1. The van der Waals surface area contributed by atoms with Gasteiger partial charge in [-0.25, -0.2) is 0 Å². The predicted octanol–water partition coefficient (Wildman–Crippen LogP) is 5.26. The summed E-state index contributed by atoms with van der Waals surface area (Å²) in [6.45, 7) is 0. The topological polar surface area (TPSA) is 0 Å². The van der Waals surface area contributed by atoms with E-state index in [0.717, 1.165) is 11.8 Å². The van der Waals surface area contributed by atoms with Gasteiger partial charge in [0.25, 0.3) is 0 Å². The molecular weight excluding hydrogens is 280 g/mol. The Kier molecular flexibility index (Phi) is 4.59. The number of hydrogen-bond donors (Lipinski definition) is 0. The van der Waals surface area contributed by atoms with E-state index in [1.807, 2.05) is 0 Å². The second kappa shape index (κ2) is 5.34. The molecule has 0 nitrogen and oxygen atoms in total. The number of rotatable bonds is 2. The highest BCUT2D eigenvalue weighted by molar-refractivity contribution is 8.07. The lowest BCUT2D eigenvalue weighted by atomic mass is 10.2. The van der Waals surface area contributed by atoms with Gasteiger partial charge in [-0.1, -0.05) is 23.2 Å². The zero-order valence-corrected chi connectivity index (χ0v) is 10.4. The van der Waals surface area contributed by atoms with Crippen molar-refractivity contribution in [2.75, 3.05) is 6.26 Å². The minimum Gasteiger partial charge on any atom is -0.167 e. The van der Waals surface area contributed by atoms with Crippen LogP contribution in [0.1, 0.15) is 5.56 Å². The average molecular weight is 287 g/mol. The maximum Gasteiger partial charge on any atom is 0.410 e. The van der Waals surface area contributed by atoms with Gasteiger partial charge >= 0.3 is 6.18 Å². The van der Waals surface area contributed by atoms with Crippen LogP contribution in [0.3, 0.4) is 0 Å². The van der Waals surface area contributed by atoms with Gasteiger partial charge in [-0.05, 0) is 30.0 Å². The van der Waals surface area contributed by atoms with Crippen molar-refractivity contribution in [2.45, 2.75) is 6.18 Å². The van der Waals surface area contributed by atoms with Crippen molar-refractivity contribution in [3.63, 3.8) is 0 Å². The van der Waals surface area contributed by atoms with Crippen LogP contribution in [-0.4, -0.2) is 12.4 Å². The van der Waals surface area contributed by atoms with E-state index in [1.54, 1.807) is 6.26 Å². The lowest BCUT2D eigenvalue weighted by Crippen LogP contribution is -2.02. The number of thioether (sulfide) groups is 1. The fourth-order valence-electron chi connectivity index (χ4n) is 1.10. The quantitative estimate of drug-likeness (QED) is 0.715. The van der Waals surface area contributed by atoms with E-state index in [0.29, 0.717) is 15.6 Å². The average Bonchev–Trinajstić information content (AvgIpc) is 2.11. The van der Waals surface area contributed by atoms with E-state index in [9.17, 15) is 13.2 Å². The van der Waals surface area contributed by atoms with E-state index in [4.69, 9.17) is 23.2 Å². The predicted molar refractivity (Wildman–Crippen MR) is 64.0 cm³/mol. The summed E-state index contributed by atoms with van der Waals surface area (Å²) in [7, 11) is 0. The number of hydrogen-bond acceptors (Lipinski definition) is 1. The van der Waals surface area contributed by atoms with Crippen molar-refractivity contribution in [3.8, 4) is 0 Å². The van der Waals surface area contributed by atoms with E-state index < -0.39 is 6.18 Å². The summed E-state index contributed by atoms with van der Waals surface area (Å²) in [4.78, 5) is 0.0805. The Morgan fingerprint density at radius 1 is 1.19 bits per heavy atom.